The molecule has 2 rings (SSSR count). The molecule has 0 fully saturated rings. The van der Waals surface area contributed by atoms with Crippen LogP contribution in [0.3, 0.4) is 0 Å². The van der Waals surface area contributed by atoms with Crippen LogP contribution in [0.2, 0.25) is 10.0 Å². The minimum Gasteiger partial charge on any atom is -0.260 e. The van der Waals surface area contributed by atoms with Crippen LogP contribution in [0.25, 0.3) is 0 Å². The lowest BCUT2D eigenvalue weighted by Gasteiger charge is -2.14. The molecule has 4 nitrogen and oxygen atoms in total. The first kappa shape index (κ1) is 15.3. The van der Waals surface area contributed by atoms with Gasteiger partial charge in [-0.05, 0) is 37.3 Å². The third-order valence-corrected chi connectivity index (χ3v) is 4.57. The summed E-state index contributed by atoms with van der Waals surface area (Å²) >= 11 is 11.6. The number of halogens is 2. The van der Waals surface area contributed by atoms with Crippen LogP contribution in [-0.2, 0) is 10.0 Å². The van der Waals surface area contributed by atoms with E-state index in [9.17, 15) is 8.42 Å². The van der Waals surface area contributed by atoms with Crippen LogP contribution in [-0.4, -0.2) is 13.4 Å². The number of nitrogens with zero attached hydrogens (tertiary/aromatic N) is 1. The molecule has 1 aromatic heterocycles. The Morgan fingerprint density at radius 3 is 2.35 bits per heavy atom. The highest BCUT2D eigenvalue weighted by Crippen LogP contribution is 2.23. The van der Waals surface area contributed by atoms with Crippen molar-refractivity contribution in [1.29, 1.82) is 0 Å². The standard InChI is InChI=1S/C13H12Cl2N2O2S/c1-9(13-4-2-3-5-16-13)17-20(18,19)12-7-10(14)6-11(15)8-12/h2-9,17H,1H3. The fourth-order valence-electron chi connectivity index (χ4n) is 1.68. The minimum atomic E-state index is -3.71. The van der Waals surface area contributed by atoms with Gasteiger partial charge >= 0.3 is 0 Å². The van der Waals surface area contributed by atoms with Crippen molar-refractivity contribution in [2.45, 2.75) is 17.9 Å². The number of rotatable bonds is 4. The van der Waals surface area contributed by atoms with Gasteiger partial charge in [0.1, 0.15) is 0 Å². The van der Waals surface area contributed by atoms with Crippen molar-refractivity contribution in [3.8, 4) is 0 Å². The Hall–Kier alpha value is -1.14. The second-order valence-corrected chi connectivity index (χ2v) is 6.79. The van der Waals surface area contributed by atoms with Crippen LogP contribution in [0.15, 0.2) is 47.5 Å². The van der Waals surface area contributed by atoms with E-state index in [-0.39, 0.29) is 14.9 Å². The molecule has 0 radical (unpaired) electrons. The molecule has 1 atom stereocenters. The molecule has 20 heavy (non-hydrogen) atoms. The Morgan fingerprint density at radius 2 is 1.80 bits per heavy atom. The summed E-state index contributed by atoms with van der Waals surface area (Å²) in [6, 6.07) is 9.02. The maximum atomic E-state index is 12.3. The zero-order valence-electron chi connectivity index (χ0n) is 10.5. The normalized spacial score (nSPS) is 13.2. The van der Waals surface area contributed by atoms with E-state index in [2.05, 4.69) is 9.71 Å². The molecule has 2 aromatic rings. The van der Waals surface area contributed by atoms with Gasteiger partial charge < -0.3 is 0 Å². The van der Waals surface area contributed by atoms with Crippen molar-refractivity contribution in [1.82, 2.24) is 9.71 Å². The third kappa shape index (κ3) is 3.70. The van der Waals surface area contributed by atoms with Gasteiger partial charge in [-0.1, -0.05) is 29.3 Å². The molecule has 0 saturated heterocycles. The van der Waals surface area contributed by atoms with E-state index in [1.54, 1.807) is 31.3 Å². The van der Waals surface area contributed by atoms with Crippen molar-refractivity contribution >= 4 is 33.2 Å². The molecule has 1 heterocycles. The van der Waals surface area contributed by atoms with Crippen LogP contribution >= 0.6 is 23.2 Å². The number of sulfonamides is 1. The van der Waals surface area contributed by atoms with E-state index in [1.807, 2.05) is 0 Å². The number of hydrogen-bond acceptors (Lipinski definition) is 3. The monoisotopic (exact) mass is 330 g/mol. The number of hydrogen-bond donors (Lipinski definition) is 1. The lowest BCUT2D eigenvalue weighted by molar-refractivity contribution is 0.564. The fourth-order valence-corrected chi connectivity index (χ4v) is 3.62. The summed E-state index contributed by atoms with van der Waals surface area (Å²) in [6.07, 6.45) is 1.61. The summed E-state index contributed by atoms with van der Waals surface area (Å²) < 4.78 is 27.1. The van der Waals surface area contributed by atoms with Crippen LogP contribution in [0.1, 0.15) is 18.7 Å². The number of nitrogens with one attached hydrogen (secondary N) is 1. The zero-order chi connectivity index (χ0) is 14.8. The first-order valence-corrected chi connectivity index (χ1v) is 8.02. The smallest absolute Gasteiger partial charge is 0.241 e. The summed E-state index contributed by atoms with van der Waals surface area (Å²) in [5.74, 6) is 0. The van der Waals surface area contributed by atoms with Crippen molar-refractivity contribution < 1.29 is 8.42 Å². The van der Waals surface area contributed by atoms with E-state index in [0.29, 0.717) is 5.69 Å². The molecule has 1 aromatic carbocycles. The predicted octanol–water partition coefficient (Wildman–Crippen LogP) is 3.43. The summed E-state index contributed by atoms with van der Waals surface area (Å²) in [6.45, 7) is 1.71. The second kappa shape index (κ2) is 6.10. The molecule has 0 saturated carbocycles. The molecule has 7 heteroatoms. The average molecular weight is 331 g/mol. The summed E-state index contributed by atoms with van der Waals surface area (Å²) in [4.78, 5) is 4.14. The van der Waals surface area contributed by atoms with Crippen molar-refractivity contribution in [3.63, 3.8) is 0 Å². The quantitative estimate of drug-likeness (QED) is 0.934. The maximum Gasteiger partial charge on any atom is 0.241 e. The van der Waals surface area contributed by atoms with Crippen molar-refractivity contribution in [2.24, 2.45) is 0 Å². The largest absolute Gasteiger partial charge is 0.260 e. The SMILES string of the molecule is CC(NS(=O)(=O)c1cc(Cl)cc(Cl)c1)c1ccccn1. The summed E-state index contributed by atoms with van der Waals surface area (Å²) in [7, 11) is -3.71. The molecule has 0 bridgehead atoms. The molecule has 1 unspecified atom stereocenters. The molecular formula is C13H12Cl2N2O2S. The Kier molecular flexibility index (Phi) is 4.65. The Bertz CT molecular complexity index is 685. The highest BCUT2D eigenvalue weighted by molar-refractivity contribution is 7.89. The lowest BCUT2D eigenvalue weighted by Crippen LogP contribution is -2.27. The average Bonchev–Trinajstić information content (AvgIpc) is 2.38. The Balaban J connectivity index is 2.27. The molecule has 1 N–H and O–H groups in total. The van der Waals surface area contributed by atoms with Crippen LogP contribution in [0, 0.1) is 0 Å². The van der Waals surface area contributed by atoms with Gasteiger partial charge in [0.15, 0.2) is 0 Å². The van der Waals surface area contributed by atoms with Gasteiger partial charge in [-0.2, -0.15) is 0 Å². The molecule has 0 amide bonds. The van der Waals surface area contributed by atoms with Crippen molar-refractivity contribution in [3.05, 3.63) is 58.3 Å². The van der Waals surface area contributed by atoms with Gasteiger partial charge in [0.05, 0.1) is 16.6 Å². The molecular weight excluding hydrogens is 319 g/mol. The highest BCUT2D eigenvalue weighted by Gasteiger charge is 2.19. The van der Waals surface area contributed by atoms with Gasteiger partial charge in [-0.25, -0.2) is 13.1 Å². The van der Waals surface area contributed by atoms with Crippen LogP contribution in [0.5, 0.6) is 0 Å². The molecule has 106 valence electrons. The number of pyridine rings is 1. The van der Waals surface area contributed by atoms with E-state index < -0.39 is 16.1 Å². The van der Waals surface area contributed by atoms with Gasteiger partial charge in [0.2, 0.25) is 10.0 Å². The Labute approximate surface area is 127 Å². The predicted molar refractivity (Wildman–Crippen MR) is 79.4 cm³/mol. The topological polar surface area (TPSA) is 59.1 Å². The highest BCUT2D eigenvalue weighted by atomic mass is 35.5. The van der Waals surface area contributed by atoms with Gasteiger partial charge in [0.25, 0.3) is 0 Å². The van der Waals surface area contributed by atoms with Gasteiger partial charge in [0, 0.05) is 16.2 Å². The van der Waals surface area contributed by atoms with Gasteiger partial charge in [-0.15, -0.1) is 0 Å². The van der Waals surface area contributed by atoms with Crippen LogP contribution in [0.4, 0.5) is 0 Å². The van der Waals surface area contributed by atoms with Crippen molar-refractivity contribution in [2.75, 3.05) is 0 Å². The van der Waals surface area contributed by atoms with E-state index in [4.69, 9.17) is 23.2 Å². The minimum absolute atomic E-state index is 0.0257. The van der Waals surface area contributed by atoms with E-state index in [0.717, 1.165) is 0 Å². The second-order valence-electron chi connectivity index (χ2n) is 4.20. The maximum absolute atomic E-state index is 12.3. The Morgan fingerprint density at radius 1 is 1.15 bits per heavy atom. The van der Waals surface area contributed by atoms with Crippen LogP contribution < -0.4 is 4.72 Å². The summed E-state index contributed by atoms with van der Waals surface area (Å²) in [5.41, 5.74) is 0.629. The third-order valence-electron chi connectivity index (χ3n) is 2.61. The number of benzene rings is 1. The molecule has 0 aliphatic carbocycles. The first-order chi connectivity index (χ1) is 9.38. The van der Waals surface area contributed by atoms with E-state index >= 15 is 0 Å². The lowest BCUT2D eigenvalue weighted by atomic mass is 10.2. The first-order valence-electron chi connectivity index (χ1n) is 5.78. The number of aromatic nitrogens is 1. The fraction of sp³-hybridized carbons (Fsp3) is 0.154. The molecule has 0 aliphatic heterocycles. The van der Waals surface area contributed by atoms with Gasteiger partial charge in [-0.3, -0.25) is 4.98 Å². The zero-order valence-corrected chi connectivity index (χ0v) is 12.9. The summed E-state index contributed by atoms with van der Waals surface area (Å²) in [5, 5.41) is 0.534. The molecule has 0 aliphatic rings. The molecule has 0 spiro atoms. The van der Waals surface area contributed by atoms with E-state index in [1.165, 1.54) is 18.2 Å².